The Labute approximate surface area is 96.7 Å². The molecule has 4 nitrogen and oxygen atoms in total. The van der Waals surface area contributed by atoms with Gasteiger partial charge in [-0.1, -0.05) is 20.8 Å². The van der Waals surface area contributed by atoms with Crippen LogP contribution >= 0.6 is 0 Å². The Morgan fingerprint density at radius 1 is 1.38 bits per heavy atom. The molecule has 0 spiro atoms. The van der Waals surface area contributed by atoms with Gasteiger partial charge < -0.3 is 0 Å². The van der Waals surface area contributed by atoms with Gasteiger partial charge in [-0.05, 0) is 29.7 Å². The molecule has 1 atom stereocenters. The van der Waals surface area contributed by atoms with Gasteiger partial charge in [-0.3, -0.25) is 0 Å². The predicted octanol–water partition coefficient (Wildman–Crippen LogP) is 1.45. The lowest BCUT2D eigenvalue weighted by Gasteiger charge is -2.26. The molecule has 1 aromatic heterocycles. The van der Waals surface area contributed by atoms with Gasteiger partial charge in [0.05, 0.1) is 11.9 Å². The summed E-state index contributed by atoms with van der Waals surface area (Å²) in [4.78, 5) is 0. The van der Waals surface area contributed by atoms with Crippen molar-refractivity contribution in [2.24, 2.45) is 11.3 Å². The highest BCUT2D eigenvalue weighted by Gasteiger charge is 2.33. The van der Waals surface area contributed by atoms with Crippen LogP contribution in [0.25, 0.3) is 0 Å². The molecule has 0 radical (unpaired) electrons. The highest BCUT2D eigenvalue weighted by molar-refractivity contribution is 7.89. The molecular formula is C11H18N2O2S. The summed E-state index contributed by atoms with van der Waals surface area (Å²) in [5.74, 6) is 0.569. The lowest BCUT2D eigenvalue weighted by atomic mass is 9.79. The lowest BCUT2D eigenvalue weighted by Crippen LogP contribution is -2.21. The topological polar surface area (TPSA) is 52.0 Å². The Hall–Kier alpha value is -0.840. The first-order valence-electron chi connectivity index (χ1n) is 5.46. The summed E-state index contributed by atoms with van der Waals surface area (Å²) in [6, 6.07) is 0. The molecule has 0 bridgehead atoms. The van der Waals surface area contributed by atoms with Crippen molar-refractivity contribution in [2.75, 3.05) is 6.26 Å². The first-order valence-corrected chi connectivity index (χ1v) is 7.31. The van der Waals surface area contributed by atoms with Gasteiger partial charge in [0.1, 0.15) is 0 Å². The molecule has 0 aliphatic heterocycles. The maximum Gasteiger partial charge on any atom is 0.250 e. The van der Waals surface area contributed by atoms with Crippen LogP contribution in [0, 0.1) is 11.3 Å². The standard InChI is InChI=1S/C11H18N2O2S/c1-11(2,3)9-5-8-7-13(16(4,14)15)12-10(8)6-9/h7,9H,5-6H2,1-4H3. The number of fused-ring (bicyclic) bond motifs is 1. The largest absolute Gasteiger partial charge is 0.250 e. The van der Waals surface area contributed by atoms with Crippen molar-refractivity contribution in [1.29, 1.82) is 0 Å². The van der Waals surface area contributed by atoms with Crippen molar-refractivity contribution in [3.63, 3.8) is 0 Å². The molecule has 2 rings (SSSR count). The van der Waals surface area contributed by atoms with Gasteiger partial charge in [0.25, 0.3) is 10.0 Å². The lowest BCUT2D eigenvalue weighted by molar-refractivity contribution is 0.249. The Morgan fingerprint density at radius 2 is 2.00 bits per heavy atom. The van der Waals surface area contributed by atoms with E-state index in [1.807, 2.05) is 0 Å². The molecule has 0 saturated heterocycles. The number of hydrogen-bond donors (Lipinski definition) is 0. The molecule has 90 valence electrons. The van der Waals surface area contributed by atoms with Crippen molar-refractivity contribution in [3.8, 4) is 0 Å². The van der Waals surface area contributed by atoms with E-state index in [9.17, 15) is 8.42 Å². The molecule has 0 saturated carbocycles. The van der Waals surface area contributed by atoms with Crippen LogP contribution in [0.1, 0.15) is 32.0 Å². The van der Waals surface area contributed by atoms with E-state index in [1.165, 1.54) is 6.26 Å². The number of aromatic nitrogens is 2. The Kier molecular flexibility index (Phi) is 2.42. The van der Waals surface area contributed by atoms with Crippen molar-refractivity contribution in [2.45, 2.75) is 33.6 Å². The van der Waals surface area contributed by atoms with E-state index in [1.54, 1.807) is 6.20 Å². The second kappa shape index (κ2) is 3.32. The van der Waals surface area contributed by atoms with E-state index < -0.39 is 10.0 Å². The zero-order chi connectivity index (χ0) is 12.1. The van der Waals surface area contributed by atoms with Crippen LogP contribution in [0.15, 0.2) is 6.20 Å². The van der Waals surface area contributed by atoms with Crippen LogP contribution in [0.4, 0.5) is 0 Å². The van der Waals surface area contributed by atoms with Gasteiger partial charge in [0.2, 0.25) is 0 Å². The molecule has 0 fully saturated rings. The number of nitrogens with zero attached hydrogens (tertiary/aromatic N) is 2. The minimum atomic E-state index is -3.23. The van der Waals surface area contributed by atoms with Gasteiger partial charge in [-0.15, -0.1) is 0 Å². The van der Waals surface area contributed by atoms with Crippen molar-refractivity contribution >= 4 is 10.0 Å². The summed E-state index contributed by atoms with van der Waals surface area (Å²) in [6.07, 6.45) is 4.67. The van der Waals surface area contributed by atoms with Gasteiger partial charge in [0, 0.05) is 6.20 Å². The zero-order valence-corrected chi connectivity index (χ0v) is 11.0. The van der Waals surface area contributed by atoms with Gasteiger partial charge in [0.15, 0.2) is 0 Å². The summed E-state index contributed by atoms with van der Waals surface area (Å²) < 4.78 is 23.7. The third kappa shape index (κ3) is 2.00. The van der Waals surface area contributed by atoms with Crippen molar-refractivity contribution < 1.29 is 8.42 Å². The number of rotatable bonds is 1. The molecule has 1 aliphatic carbocycles. The Bertz CT molecular complexity index is 485. The average molecular weight is 242 g/mol. The molecule has 0 N–H and O–H groups in total. The smallest absolute Gasteiger partial charge is 0.205 e. The summed E-state index contributed by atoms with van der Waals surface area (Å²) in [7, 11) is -3.23. The minimum absolute atomic E-state index is 0.254. The normalized spacial score (nSPS) is 21.1. The van der Waals surface area contributed by atoms with E-state index >= 15 is 0 Å². The Morgan fingerprint density at radius 3 is 2.44 bits per heavy atom. The first-order chi connectivity index (χ1) is 7.18. The SMILES string of the molecule is CC(C)(C)C1Cc2cn(S(C)(=O)=O)nc2C1. The van der Waals surface area contributed by atoms with E-state index in [0.29, 0.717) is 5.92 Å². The van der Waals surface area contributed by atoms with Crippen LogP contribution in [-0.4, -0.2) is 23.9 Å². The third-order valence-electron chi connectivity index (χ3n) is 3.33. The van der Waals surface area contributed by atoms with Crippen molar-refractivity contribution in [3.05, 3.63) is 17.5 Å². The molecular weight excluding hydrogens is 224 g/mol. The fourth-order valence-corrected chi connectivity index (χ4v) is 2.68. The molecule has 0 aromatic carbocycles. The summed E-state index contributed by atoms with van der Waals surface area (Å²) in [5.41, 5.74) is 2.29. The maximum atomic E-state index is 11.3. The van der Waals surface area contributed by atoms with Crippen LogP contribution in [-0.2, 0) is 22.9 Å². The van der Waals surface area contributed by atoms with E-state index in [-0.39, 0.29) is 5.41 Å². The van der Waals surface area contributed by atoms with Crippen LogP contribution in [0.5, 0.6) is 0 Å². The van der Waals surface area contributed by atoms with E-state index in [0.717, 1.165) is 28.2 Å². The molecule has 0 amide bonds. The quantitative estimate of drug-likeness (QED) is 0.749. The second-order valence-corrected chi connectivity index (χ2v) is 7.55. The number of hydrogen-bond acceptors (Lipinski definition) is 3. The summed E-state index contributed by atoms with van der Waals surface area (Å²) in [5, 5.41) is 4.15. The monoisotopic (exact) mass is 242 g/mol. The third-order valence-corrected chi connectivity index (χ3v) is 4.19. The molecule has 1 aliphatic rings. The first kappa shape index (κ1) is 11.6. The average Bonchev–Trinajstić information content (AvgIpc) is 2.53. The highest BCUT2D eigenvalue weighted by Crippen LogP contribution is 2.37. The van der Waals surface area contributed by atoms with Crippen LogP contribution < -0.4 is 0 Å². The highest BCUT2D eigenvalue weighted by atomic mass is 32.2. The van der Waals surface area contributed by atoms with Gasteiger partial charge in [-0.2, -0.15) is 9.19 Å². The van der Waals surface area contributed by atoms with Gasteiger partial charge in [-0.25, -0.2) is 8.42 Å². The Balaban J connectivity index is 2.28. The predicted molar refractivity (Wildman–Crippen MR) is 62.8 cm³/mol. The molecule has 1 heterocycles. The summed E-state index contributed by atoms with van der Waals surface area (Å²) in [6.45, 7) is 6.65. The van der Waals surface area contributed by atoms with Gasteiger partial charge >= 0.3 is 0 Å². The second-order valence-electron chi connectivity index (χ2n) is 5.71. The van der Waals surface area contributed by atoms with E-state index in [4.69, 9.17) is 0 Å². The fourth-order valence-electron chi connectivity index (χ4n) is 2.12. The molecule has 5 heteroatoms. The molecule has 1 aromatic rings. The molecule has 1 unspecified atom stereocenters. The maximum absolute atomic E-state index is 11.3. The molecule has 16 heavy (non-hydrogen) atoms. The fraction of sp³-hybridized carbons (Fsp3) is 0.727. The zero-order valence-electron chi connectivity index (χ0n) is 10.2. The van der Waals surface area contributed by atoms with E-state index in [2.05, 4.69) is 25.9 Å². The van der Waals surface area contributed by atoms with Crippen molar-refractivity contribution in [1.82, 2.24) is 9.19 Å². The van der Waals surface area contributed by atoms with Crippen LogP contribution in [0.3, 0.4) is 0 Å². The summed E-state index contributed by atoms with van der Waals surface area (Å²) >= 11 is 0. The minimum Gasteiger partial charge on any atom is -0.205 e. The van der Waals surface area contributed by atoms with Crippen LogP contribution in [0.2, 0.25) is 0 Å².